The van der Waals surface area contributed by atoms with E-state index in [-0.39, 0.29) is 17.6 Å². The molecule has 0 bridgehead atoms. The third kappa shape index (κ3) is 4.62. The maximum absolute atomic E-state index is 12.7. The number of benzene rings is 1. The molecule has 0 radical (unpaired) electrons. The molecule has 2 aromatic rings. The molecule has 7 nitrogen and oxygen atoms in total. The van der Waals surface area contributed by atoms with Crippen molar-refractivity contribution >= 4 is 23.5 Å². The highest BCUT2D eigenvalue weighted by Gasteiger charge is 2.39. The van der Waals surface area contributed by atoms with E-state index in [0.717, 1.165) is 18.4 Å². The Bertz CT molecular complexity index is 921. The number of carboxylic acid groups (broad SMARTS) is 1. The third-order valence-electron chi connectivity index (χ3n) is 5.37. The summed E-state index contributed by atoms with van der Waals surface area (Å²) in [5, 5.41) is 15.8. The Morgan fingerprint density at radius 3 is 2.48 bits per heavy atom. The Kier molecular flexibility index (Phi) is 6.29. The van der Waals surface area contributed by atoms with Crippen molar-refractivity contribution in [2.45, 2.75) is 52.2 Å². The SMILES string of the molecule is CNC(C)C.C[C@@H](C1CC1)N1Cc2cc(-c3cc(C(=O)O)no3)cc(Cl)c2C1=O. The van der Waals surface area contributed by atoms with Crippen molar-refractivity contribution in [3.8, 4) is 11.3 Å². The predicted octanol–water partition coefficient (Wildman–Crippen LogP) is 4.06. The van der Waals surface area contributed by atoms with Crippen molar-refractivity contribution < 1.29 is 19.2 Å². The molecule has 1 saturated carbocycles. The molecule has 2 aliphatic rings. The Morgan fingerprint density at radius 2 is 1.97 bits per heavy atom. The van der Waals surface area contributed by atoms with E-state index in [1.165, 1.54) is 6.07 Å². The van der Waals surface area contributed by atoms with Gasteiger partial charge < -0.3 is 19.8 Å². The van der Waals surface area contributed by atoms with Crippen LogP contribution in [0.15, 0.2) is 22.7 Å². The Hall–Kier alpha value is -2.38. The van der Waals surface area contributed by atoms with E-state index in [2.05, 4.69) is 31.2 Å². The van der Waals surface area contributed by atoms with Crippen LogP contribution in [0.4, 0.5) is 0 Å². The summed E-state index contributed by atoms with van der Waals surface area (Å²) in [5.74, 6) is -0.297. The van der Waals surface area contributed by atoms with Gasteiger partial charge in [0.1, 0.15) is 0 Å². The molecule has 156 valence electrons. The van der Waals surface area contributed by atoms with Crippen LogP contribution in [0.25, 0.3) is 11.3 Å². The summed E-state index contributed by atoms with van der Waals surface area (Å²) in [6.45, 7) is 6.81. The summed E-state index contributed by atoms with van der Waals surface area (Å²) in [7, 11) is 1.95. The van der Waals surface area contributed by atoms with Gasteiger partial charge in [0, 0.05) is 30.3 Å². The van der Waals surface area contributed by atoms with Gasteiger partial charge in [0.25, 0.3) is 5.91 Å². The normalized spacial score (nSPS) is 16.5. The molecule has 2 heterocycles. The van der Waals surface area contributed by atoms with Crippen LogP contribution in [0.5, 0.6) is 0 Å². The lowest BCUT2D eigenvalue weighted by Crippen LogP contribution is -2.34. The summed E-state index contributed by atoms with van der Waals surface area (Å²) in [6.07, 6.45) is 2.33. The summed E-state index contributed by atoms with van der Waals surface area (Å²) >= 11 is 6.33. The summed E-state index contributed by atoms with van der Waals surface area (Å²) < 4.78 is 5.09. The number of aromatic carboxylic acids is 1. The number of halogens is 1. The van der Waals surface area contributed by atoms with Crippen molar-refractivity contribution in [3.63, 3.8) is 0 Å². The van der Waals surface area contributed by atoms with E-state index in [1.807, 2.05) is 18.0 Å². The zero-order chi connectivity index (χ0) is 21.3. The average Bonchev–Trinajstić information content (AvgIpc) is 3.30. The van der Waals surface area contributed by atoms with Gasteiger partial charge in [-0.3, -0.25) is 4.79 Å². The summed E-state index contributed by atoms with van der Waals surface area (Å²) in [5.41, 5.74) is 1.82. The van der Waals surface area contributed by atoms with Crippen LogP contribution < -0.4 is 5.32 Å². The van der Waals surface area contributed by atoms with Crippen LogP contribution in [0, 0.1) is 5.92 Å². The van der Waals surface area contributed by atoms with E-state index in [0.29, 0.717) is 40.4 Å². The number of nitrogens with one attached hydrogen (secondary N) is 1. The fourth-order valence-corrected chi connectivity index (χ4v) is 3.56. The summed E-state index contributed by atoms with van der Waals surface area (Å²) in [6, 6.07) is 5.63. The van der Waals surface area contributed by atoms with E-state index < -0.39 is 5.97 Å². The molecular formula is C21H26ClN3O4. The van der Waals surface area contributed by atoms with Gasteiger partial charge in [0.2, 0.25) is 0 Å². The lowest BCUT2D eigenvalue weighted by Gasteiger charge is -2.23. The number of carbonyl (C=O) groups excluding carboxylic acids is 1. The van der Waals surface area contributed by atoms with Crippen LogP contribution in [0.3, 0.4) is 0 Å². The molecular weight excluding hydrogens is 394 g/mol. The Labute approximate surface area is 175 Å². The van der Waals surface area contributed by atoms with Crippen LogP contribution in [-0.4, -0.2) is 46.2 Å². The molecule has 1 atom stereocenters. The number of hydrogen-bond acceptors (Lipinski definition) is 5. The van der Waals surface area contributed by atoms with Crippen molar-refractivity contribution in [2.75, 3.05) is 7.05 Å². The van der Waals surface area contributed by atoms with Crippen LogP contribution in [0.1, 0.15) is 60.0 Å². The maximum atomic E-state index is 12.7. The summed E-state index contributed by atoms with van der Waals surface area (Å²) in [4.78, 5) is 25.5. The van der Waals surface area contributed by atoms with Crippen molar-refractivity contribution in [2.24, 2.45) is 5.92 Å². The van der Waals surface area contributed by atoms with Gasteiger partial charge in [-0.2, -0.15) is 0 Å². The molecule has 0 spiro atoms. The minimum absolute atomic E-state index is 0.0373. The fraction of sp³-hybridized carbons (Fsp3) is 0.476. The molecule has 1 amide bonds. The predicted molar refractivity (Wildman–Crippen MR) is 110 cm³/mol. The van der Waals surface area contributed by atoms with Crippen LogP contribution in [0.2, 0.25) is 5.02 Å². The van der Waals surface area contributed by atoms with E-state index in [9.17, 15) is 9.59 Å². The van der Waals surface area contributed by atoms with Gasteiger partial charge in [-0.25, -0.2) is 4.79 Å². The molecule has 8 heteroatoms. The number of carboxylic acids is 1. The first kappa shape index (κ1) is 21.3. The molecule has 0 saturated heterocycles. The van der Waals surface area contributed by atoms with Gasteiger partial charge >= 0.3 is 5.97 Å². The number of rotatable bonds is 5. The number of amides is 1. The Morgan fingerprint density at radius 1 is 1.31 bits per heavy atom. The quantitative estimate of drug-likeness (QED) is 0.758. The standard InChI is InChI=1S/C17H15ClN2O4.C4H11N/c1-8(9-2-3-9)20-7-11-4-10(5-12(18)15(11)16(20)21)14-6-13(17(22)23)19-24-14;1-4(2)5-3/h4-6,8-9H,2-3,7H2,1H3,(H,22,23);4-5H,1-3H3/t8-;/m0./s1. The van der Waals surface area contributed by atoms with Gasteiger partial charge in [-0.05, 0) is 50.4 Å². The highest BCUT2D eigenvalue weighted by atomic mass is 35.5. The maximum Gasteiger partial charge on any atom is 0.358 e. The second kappa shape index (κ2) is 8.55. The molecule has 1 aliphatic heterocycles. The van der Waals surface area contributed by atoms with Crippen molar-refractivity contribution in [1.82, 2.24) is 15.4 Å². The van der Waals surface area contributed by atoms with Gasteiger partial charge in [-0.1, -0.05) is 30.6 Å². The lowest BCUT2D eigenvalue weighted by molar-refractivity contribution is 0.0681. The second-order valence-electron chi connectivity index (χ2n) is 7.83. The highest BCUT2D eigenvalue weighted by molar-refractivity contribution is 6.34. The van der Waals surface area contributed by atoms with Crippen molar-refractivity contribution in [1.29, 1.82) is 0 Å². The molecule has 29 heavy (non-hydrogen) atoms. The number of fused-ring (bicyclic) bond motifs is 1. The molecule has 1 aromatic heterocycles. The molecule has 2 N–H and O–H groups in total. The topological polar surface area (TPSA) is 95.7 Å². The Balaban J connectivity index is 0.000000431. The molecule has 1 aromatic carbocycles. The minimum Gasteiger partial charge on any atom is -0.476 e. The molecule has 4 rings (SSSR count). The molecule has 1 aliphatic carbocycles. The zero-order valence-corrected chi connectivity index (χ0v) is 17.8. The van der Waals surface area contributed by atoms with Crippen LogP contribution in [-0.2, 0) is 6.54 Å². The zero-order valence-electron chi connectivity index (χ0n) is 17.0. The minimum atomic E-state index is -1.16. The third-order valence-corrected chi connectivity index (χ3v) is 5.67. The monoisotopic (exact) mass is 419 g/mol. The largest absolute Gasteiger partial charge is 0.476 e. The smallest absolute Gasteiger partial charge is 0.358 e. The fourth-order valence-electron chi connectivity index (χ4n) is 3.24. The molecule has 0 unspecified atom stereocenters. The first-order chi connectivity index (χ1) is 13.7. The second-order valence-corrected chi connectivity index (χ2v) is 8.24. The van der Waals surface area contributed by atoms with E-state index in [1.54, 1.807) is 6.07 Å². The number of carbonyl (C=O) groups is 2. The van der Waals surface area contributed by atoms with Gasteiger partial charge in [0.15, 0.2) is 11.5 Å². The lowest BCUT2D eigenvalue weighted by atomic mass is 10.0. The van der Waals surface area contributed by atoms with E-state index in [4.69, 9.17) is 21.2 Å². The van der Waals surface area contributed by atoms with Gasteiger partial charge in [-0.15, -0.1) is 0 Å². The van der Waals surface area contributed by atoms with Gasteiger partial charge in [0.05, 0.1) is 10.6 Å². The highest BCUT2D eigenvalue weighted by Crippen LogP contribution is 2.40. The van der Waals surface area contributed by atoms with Crippen LogP contribution >= 0.6 is 11.6 Å². The molecule has 1 fully saturated rings. The van der Waals surface area contributed by atoms with E-state index >= 15 is 0 Å². The number of hydrogen-bond donors (Lipinski definition) is 2. The first-order valence-electron chi connectivity index (χ1n) is 9.74. The first-order valence-corrected chi connectivity index (χ1v) is 10.1. The van der Waals surface area contributed by atoms with Crippen molar-refractivity contribution in [3.05, 3.63) is 40.0 Å². The average molecular weight is 420 g/mol. The number of aromatic nitrogens is 1. The number of nitrogens with zero attached hydrogens (tertiary/aromatic N) is 2.